The molecule has 0 radical (unpaired) electrons. The van der Waals surface area contributed by atoms with Crippen LogP contribution in [0.1, 0.15) is 54.4 Å². The van der Waals surface area contributed by atoms with Crippen molar-refractivity contribution < 1.29 is 9.59 Å². The second-order valence-electron chi connectivity index (χ2n) is 6.14. The van der Waals surface area contributed by atoms with Crippen LogP contribution < -0.4 is 11.1 Å². The fraction of sp³-hybridized carbons (Fsp3) is 0.588. The number of carbonyl (C=O) groups is 2. The molecule has 1 aromatic heterocycles. The molecule has 22 heavy (non-hydrogen) atoms. The minimum absolute atomic E-state index is 0.0352. The molecule has 5 nitrogen and oxygen atoms in total. The lowest BCUT2D eigenvalue weighted by Crippen LogP contribution is -2.38. The summed E-state index contributed by atoms with van der Waals surface area (Å²) >= 11 is 0. The molecule has 1 heterocycles. The first-order valence-electron chi connectivity index (χ1n) is 8.03. The molecule has 1 saturated carbocycles. The third kappa shape index (κ3) is 4.63. The number of aromatic nitrogens is 1. The van der Waals surface area contributed by atoms with E-state index < -0.39 is 0 Å². The highest BCUT2D eigenvalue weighted by Crippen LogP contribution is 2.28. The van der Waals surface area contributed by atoms with Gasteiger partial charge in [-0.15, -0.1) is 0 Å². The van der Waals surface area contributed by atoms with E-state index in [0.717, 1.165) is 36.8 Å². The SMILES string of the molecule is Cc1ccncc1C(=O)CC1CCC(NC(=O)CCN)CC1. The highest BCUT2D eigenvalue weighted by Gasteiger charge is 2.24. The summed E-state index contributed by atoms with van der Waals surface area (Å²) < 4.78 is 0. The largest absolute Gasteiger partial charge is 0.353 e. The Labute approximate surface area is 131 Å². The van der Waals surface area contributed by atoms with E-state index in [0.29, 0.717) is 25.3 Å². The van der Waals surface area contributed by atoms with Crippen LogP contribution in [-0.4, -0.2) is 29.3 Å². The number of carbonyl (C=O) groups excluding carboxylic acids is 2. The predicted octanol–water partition coefficient (Wildman–Crippen LogP) is 1.99. The van der Waals surface area contributed by atoms with E-state index in [1.54, 1.807) is 12.4 Å². The van der Waals surface area contributed by atoms with Crippen molar-refractivity contribution in [2.75, 3.05) is 6.54 Å². The Kier molecular flexibility index (Phi) is 6.07. The lowest BCUT2D eigenvalue weighted by Gasteiger charge is -2.28. The normalized spacial score (nSPS) is 21.4. The monoisotopic (exact) mass is 303 g/mol. The van der Waals surface area contributed by atoms with Gasteiger partial charge in [-0.1, -0.05) is 0 Å². The van der Waals surface area contributed by atoms with Crippen molar-refractivity contribution in [1.82, 2.24) is 10.3 Å². The molecule has 0 unspecified atom stereocenters. The van der Waals surface area contributed by atoms with Gasteiger partial charge in [-0.05, 0) is 50.2 Å². The van der Waals surface area contributed by atoms with Gasteiger partial charge in [0.15, 0.2) is 5.78 Å². The number of hydrogen-bond donors (Lipinski definition) is 2. The molecule has 2 rings (SSSR count). The standard InChI is InChI=1S/C17H25N3O2/c1-12-7-9-19-11-15(12)16(21)10-13-2-4-14(5-3-13)20-17(22)6-8-18/h7,9,11,13-14H,2-6,8,10,18H2,1H3,(H,20,22). The molecule has 1 aliphatic carbocycles. The lowest BCUT2D eigenvalue weighted by atomic mass is 9.82. The molecule has 0 spiro atoms. The van der Waals surface area contributed by atoms with Crippen LogP contribution in [0.4, 0.5) is 0 Å². The van der Waals surface area contributed by atoms with E-state index in [1.165, 1.54) is 0 Å². The molecule has 1 aromatic rings. The van der Waals surface area contributed by atoms with E-state index in [-0.39, 0.29) is 17.7 Å². The first kappa shape index (κ1) is 16.6. The number of rotatable bonds is 6. The number of nitrogens with zero attached hydrogens (tertiary/aromatic N) is 1. The van der Waals surface area contributed by atoms with Gasteiger partial charge in [0.05, 0.1) is 0 Å². The number of amides is 1. The summed E-state index contributed by atoms with van der Waals surface area (Å²) in [6, 6.07) is 2.11. The van der Waals surface area contributed by atoms with E-state index >= 15 is 0 Å². The Morgan fingerprint density at radius 1 is 1.32 bits per heavy atom. The number of nitrogens with two attached hydrogens (primary N) is 1. The molecule has 0 aliphatic heterocycles. The first-order chi connectivity index (χ1) is 10.6. The maximum atomic E-state index is 12.4. The van der Waals surface area contributed by atoms with Crippen LogP contribution >= 0.6 is 0 Å². The summed E-state index contributed by atoms with van der Waals surface area (Å²) in [5.74, 6) is 0.629. The van der Waals surface area contributed by atoms with Crippen molar-refractivity contribution in [2.24, 2.45) is 11.7 Å². The number of hydrogen-bond acceptors (Lipinski definition) is 4. The van der Waals surface area contributed by atoms with Crippen molar-refractivity contribution in [2.45, 2.75) is 51.5 Å². The van der Waals surface area contributed by atoms with Crippen molar-refractivity contribution in [3.05, 3.63) is 29.6 Å². The molecular weight excluding hydrogens is 278 g/mol. The Bertz CT molecular complexity index is 522. The van der Waals surface area contributed by atoms with Gasteiger partial charge in [0, 0.05) is 43.4 Å². The number of ketones is 1. The molecular formula is C17H25N3O2. The molecule has 0 saturated heterocycles. The number of aryl methyl sites for hydroxylation is 1. The third-order valence-corrected chi connectivity index (χ3v) is 4.40. The van der Waals surface area contributed by atoms with Crippen LogP contribution in [0.5, 0.6) is 0 Å². The highest BCUT2D eigenvalue weighted by molar-refractivity contribution is 5.97. The average molecular weight is 303 g/mol. The topological polar surface area (TPSA) is 85.1 Å². The van der Waals surface area contributed by atoms with E-state index in [2.05, 4.69) is 10.3 Å². The van der Waals surface area contributed by atoms with Crippen molar-refractivity contribution in [1.29, 1.82) is 0 Å². The molecule has 120 valence electrons. The average Bonchev–Trinajstić information content (AvgIpc) is 2.50. The van der Waals surface area contributed by atoms with E-state index in [1.807, 2.05) is 13.0 Å². The summed E-state index contributed by atoms with van der Waals surface area (Å²) in [5.41, 5.74) is 7.10. The summed E-state index contributed by atoms with van der Waals surface area (Å²) in [5, 5.41) is 3.02. The van der Waals surface area contributed by atoms with Crippen LogP contribution in [-0.2, 0) is 4.79 Å². The van der Waals surface area contributed by atoms with E-state index in [4.69, 9.17) is 5.73 Å². The number of nitrogens with one attached hydrogen (secondary N) is 1. The summed E-state index contributed by atoms with van der Waals surface area (Å²) in [4.78, 5) is 27.9. The summed E-state index contributed by atoms with van der Waals surface area (Å²) in [7, 11) is 0. The van der Waals surface area contributed by atoms with Crippen molar-refractivity contribution in [3.63, 3.8) is 0 Å². The fourth-order valence-corrected chi connectivity index (χ4v) is 3.07. The van der Waals surface area contributed by atoms with Gasteiger partial charge in [-0.3, -0.25) is 14.6 Å². The molecule has 0 bridgehead atoms. The van der Waals surface area contributed by atoms with Gasteiger partial charge in [0.1, 0.15) is 0 Å². The van der Waals surface area contributed by atoms with Crippen LogP contribution in [0.2, 0.25) is 0 Å². The highest BCUT2D eigenvalue weighted by atomic mass is 16.1. The minimum atomic E-state index is 0.0352. The molecule has 0 atom stereocenters. The van der Waals surface area contributed by atoms with Crippen LogP contribution in [0.25, 0.3) is 0 Å². The van der Waals surface area contributed by atoms with Gasteiger partial charge in [0.25, 0.3) is 0 Å². The molecule has 3 N–H and O–H groups in total. The van der Waals surface area contributed by atoms with Crippen LogP contribution in [0.15, 0.2) is 18.5 Å². The maximum Gasteiger partial charge on any atom is 0.221 e. The molecule has 1 aliphatic rings. The Morgan fingerprint density at radius 2 is 2.05 bits per heavy atom. The zero-order chi connectivity index (χ0) is 15.9. The van der Waals surface area contributed by atoms with E-state index in [9.17, 15) is 9.59 Å². The Hall–Kier alpha value is -1.75. The van der Waals surface area contributed by atoms with Gasteiger partial charge >= 0.3 is 0 Å². The quantitative estimate of drug-likeness (QED) is 0.787. The lowest BCUT2D eigenvalue weighted by molar-refractivity contribution is -0.121. The van der Waals surface area contributed by atoms with Gasteiger partial charge in [-0.25, -0.2) is 0 Å². The Balaban J connectivity index is 1.79. The zero-order valence-electron chi connectivity index (χ0n) is 13.2. The summed E-state index contributed by atoms with van der Waals surface area (Å²) in [6.45, 7) is 2.33. The van der Waals surface area contributed by atoms with Crippen molar-refractivity contribution >= 4 is 11.7 Å². The van der Waals surface area contributed by atoms with Crippen LogP contribution in [0, 0.1) is 12.8 Å². The molecule has 0 aromatic carbocycles. The molecule has 5 heteroatoms. The first-order valence-corrected chi connectivity index (χ1v) is 8.03. The second kappa shape index (κ2) is 8.03. The zero-order valence-corrected chi connectivity index (χ0v) is 13.2. The minimum Gasteiger partial charge on any atom is -0.353 e. The Morgan fingerprint density at radius 3 is 2.68 bits per heavy atom. The van der Waals surface area contributed by atoms with Gasteiger partial charge in [0.2, 0.25) is 5.91 Å². The second-order valence-corrected chi connectivity index (χ2v) is 6.14. The third-order valence-electron chi connectivity index (χ3n) is 4.40. The number of pyridine rings is 1. The smallest absolute Gasteiger partial charge is 0.221 e. The van der Waals surface area contributed by atoms with Crippen LogP contribution in [0.3, 0.4) is 0 Å². The number of Topliss-reactive ketones (excluding diaryl/α,β-unsaturated/α-hetero) is 1. The maximum absolute atomic E-state index is 12.4. The van der Waals surface area contributed by atoms with Crippen molar-refractivity contribution in [3.8, 4) is 0 Å². The van der Waals surface area contributed by atoms with Gasteiger partial charge in [-0.2, -0.15) is 0 Å². The molecule has 1 amide bonds. The summed E-state index contributed by atoms with van der Waals surface area (Å²) in [6.07, 6.45) is 8.20. The van der Waals surface area contributed by atoms with Gasteiger partial charge < -0.3 is 11.1 Å². The molecule has 1 fully saturated rings. The predicted molar refractivity (Wildman–Crippen MR) is 85.5 cm³/mol. The fourth-order valence-electron chi connectivity index (χ4n) is 3.07.